The number of nitrogens with zero attached hydrogens (tertiary/aromatic N) is 3. The van der Waals surface area contributed by atoms with E-state index in [1.165, 1.54) is 0 Å². The molecule has 1 aliphatic carbocycles. The summed E-state index contributed by atoms with van der Waals surface area (Å²) in [6.07, 6.45) is 2.87. The molecule has 1 heterocycles. The Labute approximate surface area is 94.7 Å². The molecule has 0 spiro atoms. The molecule has 5 heteroatoms. The van der Waals surface area contributed by atoms with Crippen molar-refractivity contribution >= 4 is 5.97 Å². The van der Waals surface area contributed by atoms with Gasteiger partial charge in [0.1, 0.15) is 0 Å². The number of aromatic carboxylic acids is 1. The van der Waals surface area contributed by atoms with E-state index in [1.54, 1.807) is 0 Å². The number of hydrogen-bond acceptors (Lipinski definition) is 3. The molecule has 1 aromatic rings. The number of fused-ring (bicyclic) bond motifs is 1. The summed E-state index contributed by atoms with van der Waals surface area (Å²) < 4.78 is 1.87. The van der Waals surface area contributed by atoms with Gasteiger partial charge in [-0.15, -0.1) is 0 Å². The number of carboxylic acid groups (broad SMARTS) is 1. The third-order valence-corrected chi connectivity index (χ3v) is 2.97. The zero-order valence-corrected chi connectivity index (χ0v) is 9.73. The first-order valence-electron chi connectivity index (χ1n) is 5.56. The van der Waals surface area contributed by atoms with Crippen LogP contribution in [0.2, 0.25) is 0 Å². The zero-order chi connectivity index (χ0) is 11.7. The Hall–Kier alpha value is -1.36. The zero-order valence-electron chi connectivity index (χ0n) is 9.73. The van der Waals surface area contributed by atoms with Gasteiger partial charge in [0.15, 0.2) is 5.69 Å². The first kappa shape index (κ1) is 11.1. The van der Waals surface area contributed by atoms with Gasteiger partial charge >= 0.3 is 5.97 Å². The molecule has 1 aliphatic rings. The van der Waals surface area contributed by atoms with Crippen LogP contribution in [-0.2, 0) is 19.4 Å². The lowest BCUT2D eigenvalue weighted by atomic mass is 10.2. The number of carboxylic acids is 1. The number of likely N-dealkylation sites (N-methyl/N-ethyl adjacent to an activating group) is 1. The van der Waals surface area contributed by atoms with E-state index in [2.05, 4.69) is 10.00 Å². The minimum absolute atomic E-state index is 0.256. The fraction of sp³-hybridized carbons (Fsp3) is 0.636. The maximum atomic E-state index is 11.0. The van der Waals surface area contributed by atoms with Gasteiger partial charge in [-0.05, 0) is 33.4 Å². The van der Waals surface area contributed by atoms with Crippen molar-refractivity contribution in [3.05, 3.63) is 17.0 Å². The molecule has 0 unspecified atom stereocenters. The molecule has 0 saturated carbocycles. The molecule has 0 amide bonds. The van der Waals surface area contributed by atoms with Crippen molar-refractivity contribution < 1.29 is 9.90 Å². The van der Waals surface area contributed by atoms with Gasteiger partial charge in [-0.3, -0.25) is 4.68 Å². The van der Waals surface area contributed by atoms with Gasteiger partial charge in [-0.2, -0.15) is 5.10 Å². The molecule has 2 rings (SSSR count). The first-order valence-corrected chi connectivity index (χ1v) is 5.56. The highest BCUT2D eigenvalue weighted by molar-refractivity contribution is 5.87. The van der Waals surface area contributed by atoms with Crippen LogP contribution in [-0.4, -0.2) is 46.4 Å². The number of carbonyl (C=O) groups is 1. The fourth-order valence-electron chi connectivity index (χ4n) is 2.16. The minimum Gasteiger partial charge on any atom is -0.476 e. The van der Waals surface area contributed by atoms with Gasteiger partial charge in [0.05, 0.1) is 6.54 Å². The normalized spacial score (nSPS) is 14.4. The minimum atomic E-state index is -0.901. The highest BCUT2D eigenvalue weighted by Crippen LogP contribution is 2.25. The summed E-state index contributed by atoms with van der Waals surface area (Å²) in [5.41, 5.74) is 2.33. The van der Waals surface area contributed by atoms with Crippen molar-refractivity contribution in [2.24, 2.45) is 0 Å². The van der Waals surface area contributed by atoms with Gasteiger partial charge in [-0.25, -0.2) is 4.79 Å². The van der Waals surface area contributed by atoms with Gasteiger partial charge < -0.3 is 10.0 Å². The van der Waals surface area contributed by atoms with E-state index in [0.29, 0.717) is 0 Å². The lowest BCUT2D eigenvalue weighted by Gasteiger charge is -2.10. The lowest BCUT2D eigenvalue weighted by Crippen LogP contribution is -2.20. The predicted octanol–water partition coefficient (Wildman–Crippen LogP) is 0.632. The second kappa shape index (κ2) is 4.25. The third kappa shape index (κ3) is 1.95. The molecule has 0 saturated heterocycles. The Kier molecular flexibility index (Phi) is 2.96. The average Bonchev–Trinajstić information content (AvgIpc) is 2.74. The predicted molar refractivity (Wildman–Crippen MR) is 59.8 cm³/mol. The van der Waals surface area contributed by atoms with Crippen LogP contribution in [0.4, 0.5) is 0 Å². The van der Waals surface area contributed by atoms with Crippen LogP contribution in [0.15, 0.2) is 0 Å². The van der Waals surface area contributed by atoms with E-state index in [-0.39, 0.29) is 5.69 Å². The molecule has 0 radical (unpaired) electrons. The highest BCUT2D eigenvalue weighted by atomic mass is 16.4. The van der Waals surface area contributed by atoms with Gasteiger partial charge in [0.25, 0.3) is 0 Å². The van der Waals surface area contributed by atoms with Crippen molar-refractivity contribution in [2.75, 3.05) is 20.6 Å². The Morgan fingerprint density at radius 3 is 2.88 bits per heavy atom. The van der Waals surface area contributed by atoms with E-state index in [4.69, 9.17) is 5.11 Å². The summed E-state index contributed by atoms with van der Waals surface area (Å²) in [6.45, 7) is 1.65. The standard InChI is InChI=1S/C11H17N3O2/c1-13(2)6-7-14-9-5-3-4-8(9)10(12-14)11(15)16/h3-7H2,1-2H3,(H,15,16). The summed E-state index contributed by atoms with van der Waals surface area (Å²) in [6, 6.07) is 0. The Balaban J connectivity index is 2.25. The number of aromatic nitrogens is 2. The van der Waals surface area contributed by atoms with Crippen LogP contribution in [0, 0.1) is 0 Å². The Morgan fingerprint density at radius 2 is 2.25 bits per heavy atom. The van der Waals surface area contributed by atoms with Crippen molar-refractivity contribution in [1.29, 1.82) is 0 Å². The largest absolute Gasteiger partial charge is 0.476 e. The molecule has 0 fully saturated rings. The van der Waals surface area contributed by atoms with E-state index >= 15 is 0 Å². The lowest BCUT2D eigenvalue weighted by molar-refractivity contribution is 0.0688. The van der Waals surface area contributed by atoms with E-state index in [1.807, 2.05) is 18.8 Å². The monoisotopic (exact) mass is 223 g/mol. The first-order chi connectivity index (χ1) is 7.59. The molecule has 88 valence electrons. The highest BCUT2D eigenvalue weighted by Gasteiger charge is 2.25. The maximum absolute atomic E-state index is 11.0. The topological polar surface area (TPSA) is 58.4 Å². The Bertz CT molecular complexity index is 410. The van der Waals surface area contributed by atoms with Crippen LogP contribution >= 0.6 is 0 Å². The Morgan fingerprint density at radius 1 is 1.50 bits per heavy atom. The summed E-state index contributed by atoms with van der Waals surface area (Å²) in [4.78, 5) is 13.1. The SMILES string of the molecule is CN(C)CCn1nc(C(=O)O)c2c1CCC2. The molecule has 5 nitrogen and oxygen atoms in total. The second-order valence-corrected chi connectivity index (χ2v) is 4.46. The van der Waals surface area contributed by atoms with Crippen molar-refractivity contribution in [3.8, 4) is 0 Å². The van der Waals surface area contributed by atoms with Crippen LogP contribution in [0.3, 0.4) is 0 Å². The second-order valence-electron chi connectivity index (χ2n) is 4.46. The molecule has 16 heavy (non-hydrogen) atoms. The van der Waals surface area contributed by atoms with Gasteiger partial charge in [0, 0.05) is 17.8 Å². The molecule has 0 bridgehead atoms. The fourth-order valence-corrected chi connectivity index (χ4v) is 2.16. The van der Waals surface area contributed by atoms with Crippen molar-refractivity contribution in [3.63, 3.8) is 0 Å². The molecule has 0 atom stereocenters. The van der Waals surface area contributed by atoms with E-state index in [0.717, 1.165) is 43.6 Å². The van der Waals surface area contributed by atoms with Crippen molar-refractivity contribution in [2.45, 2.75) is 25.8 Å². The smallest absolute Gasteiger partial charge is 0.356 e. The summed E-state index contributed by atoms with van der Waals surface area (Å²) in [5, 5.41) is 13.2. The van der Waals surface area contributed by atoms with Crippen molar-refractivity contribution in [1.82, 2.24) is 14.7 Å². The summed E-state index contributed by atoms with van der Waals surface area (Å²) >= 11 is 0. The summed E-state index contributed by atoms with van der Waals surface area (Å²) in [7, 11) is 4.00. The molecule has 0 aromatic carbocycles. The van der Waals surface area contributed by atoms with Crippen LogP contribution in [0.5, 0.6) is 0 Å². The number of rotatable bonds is 4. The van der Waals surface area contributed by atoms with Crippen LogP contribution in [0.25, 0.3) is 0 Å². The van der Waals surface area contributed by atoms with Crippen LogP contribution in [0.1, 0.15) is 28.2 Å². The maximum Gasteiger partial charge on any atom is 0.356 e. The average molecular weight is 223 g/mol. The van der Waals surface area contributed by atoms with E-state index in [9.17, 15) is 4.79 Å². The van der Waals surface area contributed by atoms with Crippen LogP contribution < -0.4 is 0 Å². The number of hydrogen-bond donors (Lipinski definition) is 1. The summed E-state index contributed by atoms with van der Waals surface area (Å²) in [5.74, 6) is -0.901. The quantitative estimate of drug-likeness (QED) is 0.813. The third-order valence-electron chi connectivity index (χ3n) is 2.97. The molecule has 1 N–H and O–H groups in total. The molecular weight excluding hydrogens is 206 g/mol. The van der Waals surface area contributed by atoms with Gasteiger partial charge in [0.2, 0.25) is 0 Å². The molecular formula is C11H17N3O2. The molecule has 1 aromatic heterocycles. The molecule has 0 aliphatic heterocycles. The van der Waals surface area contributed by atoms with E-state index < -0.39 is 5.97 Å². The van der Waals surface area contributed by atoms with Gasteiger partial charge in [-0.1, -0.05) is 0 Å².